The van der Waals surface area contributed by atoms with Crippen molar-refractivity contribution in [2.24, 2.45) is 0 Å². The SMILES string of the molecule is CCOC(=O)c1oc2ccccc2c1CSc1n[nH]c(-c2ccccc2)n1. The molecule has 0 aliphatic rings. The van der Waals surface area contributed by atoms with Crippen LogP contribution in [0.1, 0.15) is 23.0 Å². The first kappa shape index (κ1) is 17.4. The summed E-state index contributed by atoms with van der Waals surface area (Å²) in [5.41, 5.74) is 2.43. The highest BCUT2D eigenvalue weighted by molar-refractivity contribution is 7.98. The Morgan fingerprint density at radius 1 is 1.15 bits per heavy atom. The van der Waals surface area contributed by atoms with Gasteiger partial charge < -0.3 is 9.15 Å². The maximum Gasteiger partial charge on any atom is 0.374 e. The Bertz CT molecular complexity index is 1070. The topological polar surface area (TPSA) is 81.0 Å². The molecule has 6 nitrogen and oxygen atoms in total. The predicted molar refractivity (Wildman–Crippen MR) is 104 cm³/mol. The predicted octanol–water partition coefficient (Wildman–Crippen LogP) is 4.69. The number of benzene rings is 2. The third-order valence-electron chi connectivity index (χ3n) is 4.02. The summed E-state index contributed by atoms with van der Waals surface area (Å²) in [7, 11) is 0. The van der Waals surface area contributed by atoms with Crippen LogP contribution in [0.15, 0.2) is 64.2 Å². The molecule has 0 fully saturated rings. The number of hydrogen-bond acceptors (Lipinski definition) is 6. The van der Waals surface area contributed by atoms with Crippen LogP contribution in [0.3, 0.4) is 0 Å². The summed E-state index contributed by atoms with van der Waals surface area (Å²) in [4.78, 5) is 16.8. The van der Waals surface area contributed by atoms with Crippen LogP contribution in [0.25, 0.3) is 22.4 Å². The minimum atomic E-state index is -0.454. The molecule has 0 radical (unpaired) electrons. The number of para-hydroxylation sites is 1. The van der Waals surface area contributed by atoms with E-state index in [-0.39, 0.29) is 5.76 Å². The number of aromatic amines is 1. The molecule has 1 N–H and O–H groups in total. The van der Waals surface area contributed by atoms with Crippen molar-refractivity contribution in [3.05, 3.63) is 65.9 Å². The van der Waals surface area contributed by atoms with Gasteiger partial charge in [-0.15, -0.1) is 5.10 Å². The second-order valence-electron chi connectivity index (χ2n) is 5.75. The molecule has 0 amide bonds. The Morgan fingerprint density at radius 3 is 2.74 bits per heavy atom. The zero-order valence-electron chi connectivity index (χ0n) is 14.6. The Morgan fingerprint density at radius 2 is 1.93 bits per heavy atom. The summed E-state index contributed by atoms with van der Waals surface area (Å²) >= 11 is 1.44. The fourth-order valence-corrected chi connectivity index (χ4v) is 3.60. The number of aromatic nitrogens is 3. The summed E-state index contributed by atoms with van der Waals surface area (Å²) in [6, 6.07) is 17.4. The van der Waals surface area contributed by atoms with Crippen LogP contribution >= 0.6 is 11.8 Å². The maximum absolute atomic E-state index is 12.3. The first-order chi connectivity index (χ1) is 13.3. The van der Waals surface area contributed by atoms with Crippen molar-refractivity contribution < 1.29 is 13.9 Å². The van der Waals surface area contributed by atoms with Crippen molar-refractivity contribution in [3.8, 4) is 11.4 Å². The van der Waals surface area contributed by atoms with E-state index < -0.39 is 5.97 Å². The van der Waals surface area contributed by atoms with Gasteiger partial charge in [0.05, 0.1) is 6.61 Å². The fourth-order valence-electron chi connectivity index (χ4n) is 2.78. The summed E-state index contributed by atoms with van der Waals surface area (Å²) in [6.45, 7) is 2.07. The van der Waals surface area contributed by atoms with Crippen LogP contribution < -0.4 is 0 Å². The van der Waals surface area contributed by atoms with Gasteiger partial charge in [-0.1, -0.05) is 60.3 Å². The molecule has 27 heavy (non-hydrogen) atoms. The smallest absolute Gasteiger partial charge is 0.374 e. The van der Waals surface area contributed by atoms with E-state index in [1.165, 1.54) is 11.8 Å². The molecular formula is C20H17N3O3S. The Labute approximate surface area is 159 Å². The minimum absolute atomic E-state index is 0.240. The molecule has 136 valence electrons. The molecule has 0 saturated heterocycles. The lowest BCUT2D eigenvalue weighted by atomic mass is 10.1. The second-order valence-corrected chi connectivity index (χ2v) is 6.69. The quantitative estimate of drug-likeness (QED) is 0.387. The highest BCUT2D eigenvalue weighted by Crippen LogP contribution is 2.32. The van der Waals surface area contributed by atoms with Crippen LogP contribution in [-0.2, 0) is 10.5 Å². The van der Waals surface area contributed by atoms with Gasteiger partial charge in [0.15, 0.2) is 5.82 Å². The van der Waals surface area contributed by atoms with E-state index >= 15 is 0 Å². The number of nitrogens with zero attached hydrogens (tertiary/aromatic N) is 2. The van der Waals surface area contributed by atoms with Gasteiger partial charge in [-0.25, -0.2) is 9.78 Å². The molecule has 7 heteroatoms. The number of rotatable bonds is 6. The molecule has 0 spiro atoms. The van der Waals surface area contributed by atoms with Gasteiger partial charge in [-0.3, -0.25) is 5.10 Å². The van der Waals surface area contributed by atoms with Gasteiger partial charge in [-0.05, 0) is 13.0 Å². The normalized spacial score (nSPS) is 11.0. The molecule has 0 bridgehead atoms. The van der Waals surface area contributed by atoms with Gasteiger partial charge >= 0.3 is 5.97 Å². The number of nitrogens with one attached hydrogen (secondary N) is 1. The molecule has 0 aliphatic carbocycles. The molecule has 4 rings (SSSR count). The van der Waals surface area contributed by atoms with Crippen molar-refractivity contribution in [1.82, 2.24) is 15.2 Å². The van der Waals surface area contributed by atoms with E-state index in [9.17, 15) is 4.79 Å². The number of carbonyl (C=O) groups is 1. The van der Waals surface area contributed by atoms with Crippen molar-refractivity contribution in [2.75, 3.05) is 6.61 Å². The van der Waals surface area contributed by atoms with Gasteiger partial charge in [-0.2, -0.15) is 0 Å². The summed E-state index contributed by atoms with van der Waals surface area (Å²) in [5, 5.41) is 8.71. The molecule has 0 atom stereocenters. The van der Waals surface area contributed by atoms with Gasteiger partial charge in [0.1, 0.15) is 5.58 Å². The number of ether oxygens (including phenoxy) is 1. The zero-order valence-corrected chi connectivity index (χ0v) is 15.5. The number of thioether (sulfide) groups is 1. The average molecular weight is 379 g/mol. The first-order valence-corrected chi connectivity index (χ1v) is 9.53. The Hall–Kier alpha value is -3.06. The number of carbonyl (C=O) groups excluding carboxylic acids is 1. The maximum atomic E-state index is 12.3. The lowest BCUT2D eigenvalue weighted by Crippen LogP contribution is -2.05. The van der Waals surface area contributed by atoms with E-state index in [0.717, 1.165) is 16.5 Å². The largest absolute Gasteiger partial charge is 0.460 e. The molecule has 0 unspecified atom stereocenters. The van der Waals surface area contributed by atoms with Gasteiger partial charge in [0, 0.05) is 22.3 Å². The van der Waals surface area contributed by atoms with Crippen LogP contribution in [0.2, 0.25) is 0 Å². The lowest BCUT2D eigenvalue weighted by molar-refractivity contribution is 0.0491. The van der Waals surface area contributed by atoms with Gasteiger partial charge in [0.2, 0.25) is 10.9 Å². The summed E-state index contributed by atoms with van der Waals surface area (Å²) in [5.74, 6) is 0.992. The minimum Gasteiger partial charge on any atom is -0.460 e. The van der Waals surface area contributed by atoms with Gasteiger partial charge in [0.25, 0.3) is 0 Å². The van der Waals surface area contributed by atoms with Crippen LogP contribution in [0, 0.1) is 0 Å². The number of furan rings is 1. The molecule has 2 heterocycles. The molecular weight excluding hydrogens is 362 g/mol. The van der Waals surface area contributed by atoms with Crippen molar-refractivity contribution in [2.45, 2.75) is 17.8 Å². The molecule has 2 aromatic carbocycles. The van der Waals surface area contributed by atoms with Crippen molar-refractivity contribution >= 4 is 28.7 Å². The first-order valence-electron chi connectivity index (χ1n) is 8.54. The molecule has 2 aromatic heterocycles. The zero-order chi connectivity index (χ0) is 18.6. The number of esters is 1. The van der Waals surface area contributed by atoms with Crippen molar-refractivity contribution in [1.29, 1.82) is 0 Å². The molecule has 4 aromatic rings. The van der Waals surface area contributed by atoms with Crippen molar-refractivity contribution in [3.63, 3.8) is 0 Å². The second kappa shape index (κ2) is 7.67. The van der Waals surface area contributed by atoms with E-state index in [1.807, 2.05) is 54.6 Å². The van der Waals surface area contributed by atoms with E-state index in [2.05, 4.69) is 15.2 Å². The summed E-state index contributed by atoms with van der Waals surface area (Å²) < 4.78 is 10.9. The molecule has 0 aliphatic heterocycles. The van der Waals surface area contributed by atoms with E-state index in [4.69, 9.17) is 9.15 Å². The summed E-state index contributed by atoms with van der Waals surface area (Å²) in [6.07, 6.45) is 0. The van der Waals surface area contributed by atoms with E-state index in [1.54, 1.807) is 6.92 Å². The number of H-pyrrole nitrogens is 1. The third kappa shape index (κ3) is 3.59. The number of hydrogen-bond donors (Lipinski definition) is 1. The van der Waals surface area contributed by atoms with Crippen LogP contribution in [-0.4, -0.2) is 27.8 Å². The highest BCUT2D eigenvalue weighted by atomic mass is 32.2. The van der Waals surface area contributed by atoms with E-state index in [0.29, 0.717) is 28.9 Å². The fraction of sp³-hybridized carbons (Fsp3) is 0.150. The Kier molecular flexibility index (Phi) is 4.93. The monoisotopic (exact) mass is 379 g/mol. The highest BCUT2D eigenvalue weighted by Gasteiger charge is 2.22. The van der Waals surface area contributed by atoms with Crippen LogP contribution in [0.4, 0.5) is 0 Å². The average Bonchev–Trinajstić information content (AvgIpc) is 3.32. The Balaban J connectivity index is 1.59. The molecule has 0 saturated carbocycles. The van der Waals surface area contributed by atoms with Crippen LogP contribution in [0.5, 0.6) is 0 Å². The number of fused-ring (bicyclic) bond motifs is 1. The third-order valence-corrected chi connectivity index (χ3v) is 4.89. The standard InChI is InChI=1S/C20H17N3O3S/c1-2-25-19(24)17-15(14-10-6-7-11-16(14)26-17)12-27-20-21-18(22-23-20)13-8-4-3-5-9-13/h3-11H,2,12H2,1H3,(H,21,22,23). The lowest BCUT2D eigenvalue weighted by Gasteiger charge is -2.01.